The molecule has 0 saturated carbocycles. The molecule has 0 spiro atoms. The van der Waals surface area contributed by atoms with Gasteiger partial charge < -0.3 is 14.4 Å². The number of carbonyl (C=O) groups is 2. The van der Waals surface area contributed by atoms with Crippen molar-refractivity contribution in [2.45, 2.75) is 19.5 Å². The predicted octanol–water partition coefficient (Wildman–Crippen LogP) is 0.0239. The third-order valence-corrected chi connectivity index (χ3v) is 1.92. The molecule has 1 rings (SSSR count). The maximum Gasteiger partial charge on any atom is 0.358 e. The maximum absolute atomic E-state index is 11.0. The van der Waals surface area contributed by atoms with Crippen LogP contribution in [0.5, 0.6) is 0 Å². The molecule has 16 heavy (non-hydrogen) atoms. The fraction of sp³-hybridized carbons (Fsp3) is 0.444. The van der Waals surface area contributed by atoms with Gasteiger partial charge in [-0.2, -0.15) is 0 Å². The molecule has 0 radical (unpaired) electrons. The molecular weight excluding hydrogens is 216 g/mol. The number of methoxy groups -OCH3 is 1. The molecule has 0 amide bonds. The van der Waals surface area contributed by atoms with Crippen molar-refractivity contribution in [3.8, 4) is 0 Å². The molecule has 2 N–H and O–H groups in total. The van der Waals surface area contributed by atoms with Gasteiger partial charge in [-0.3, -0.25) is 10.1 Å². The summed E-state index contributed by atoms with van der Waals surface area (Å²) in [5.74, 6) is -1.22. The summed E-state index contributed by atoms with van der Waals surface area (Å²) in [6.45, 7) is 1.83. The molecule has 0 bridgehead atoms. The van der Waals surface area contributed by atoms with Crippen LogP contribution in [-0.2, 0) is 16.1 Å². The number of esters is 1. The Morgan fingerprint density at radius 1 is 1.69 bits per heavy atom. The van der Waals surface area contributed by atoms with Gasteiger partial charge in [0.05, 0.1) is 13.7 Å². The van der Waals surface area contributed by atoms with Gasteiger partial charge >= 0.3 is 11.9 Å². The molecule has 1 aromatic heterocycles. The summed E-state index contributed by atoms with van der Waals surface area (Å²) in [7, 11) is 1.29. The monoisotopic (exact) mass is 228 g/mol. The summed E-state index contributed by atoms with van der Waals surface area (Å²) >= 11 is 0. The van der Waals surface area contributed by atoms with E-state index >= 15 is 0 Å². The maximum atomic E-state index is 11.0. The number of hydrogen-bond acceptors (Lipinski definition) is 6. The number of rotatable bonds is 5. The first-order valence-electron chi connectivity index (χ1n) is 4.54. The minimum Gasteiger partial charge on any atom is -0.476 e. The fourth-order valence-corrected chi connectivity index (χ4v) is 1.01. The highest BCUT2D eigenvalue weighted by molar-refractivity contribution is 5.85. The molecule has 1 unspecified atom stereocenters. The Morgan fingerprint density at radius 3 is 2.88 bits per heavy atom. The van der Waals surface area contributed by atoms with Crippen molar-refractivity contribution < 1.29 is 24.0 Å². The molecule has 7 heteroatoms. The highest BCUT2D eigenvalue weighted by Crippen LogP contribution is 2.03. The second-order valence-corrected chi connectivity index (χ2v) is 3.11. The van der Waals surface area contributed by atoms with Gasteiger partial charge in [-0.05, 0) is 6.92 Å². The van der Waals surface area contributed by atoms with Gasteiger partial charge in [-0.1, -0.05) is 5.16 Å². The lowest BCUT2D eigenvalue weighted by Crippen LogP contribution is -2.34. The Kier molecular flexibility index (Phi) is 4.01. The molecule has 0 fully saturated rings. The van der Waals surface area contributed by atoms with Gasteiger partial charge in [-0.15, -0.1) is 0 Å². The zero-order valence-corrected chi connectivity index (χ0v) is 8.89. The average molecular weight is 228 g/mol. The zero-order chi connectivity index (χ0) is 12.1. The molecule has 1 heterocycles. The van der Waals surface area contributed by atoms with Crippen molar-refractivity contribution in [3.05, 3.63) is 17.5 Å². The van der Waals surface area contributed by atoms with Gasteiger partial charge in [0.1, 0.15) is 6.04 Å². The lowest BCUT2D eigenvalue weighted by molar-refractivity contribution is -0.142. The number of carbonyl (C=O) groups excluding carboxylic acids is 1. The lowest BCUT2D eigenvalue weighted by atomic mass is 10.3. The first-order valence-corrected chi connectivity index (χ1v) is 4.54. The lowest BCUT2D eigenvalue weighted by Gasteiger charge is -2.08. The Balaban J connectivity index is 2.48. The zero-order valence-electron chi connectivity index (χ0n) is 8.89. The van der Waals surface area contributed by atoms with Gasteiger partial charge in [0.15, 0.2) is 11.5 Å². The first-order chi connectivity index (χ1) is 7.54. The second-order valence-electron chi connectivity index (χ2n) is 3.11. The van der Waals surface area contributed by atoms with E-state index in [0.717, 1.165) is 0 Å². The van der Waals surface area contributed by atoms with E-state index in [-0.39, 0.29) is 12.2 Å². The second kappa shape index (κ2) is 5.26. The van der Waals surface area contributed by atoms with Crippen LogP contribution in [0.25, 0.3) is 0 Å². The number of aromatic nitrogens is 1. The molecule has 1 atom stereocenters. The first kappa shape index (κ1) is 12.2. The number of carboxylic acids is 1. The number of hydrogen-bond donors (Lipinski definition) is 2. The number of nitrogens with one attached hydrogen (secondary N) is 1. The Bertz CT molecular complexity index is 387. The molecule has 0 aliphatic heterocycles. The van der Waals surface area contributed by atoms with E-state index in [1.807, 2.05) is 0 Å². The number of nitrogens with zero attached hydrogens (tertiary/aromatic N) is 1. The van der Waals surface area contributed by atoms with Gasteiger partial charge in [0.25, 0.3) is 0 Å². The van der Waals surface area contributed by atoms with Crippen molar-refractivity contribution in [1.82, 2.24) is 10.5 Å². The van der Waals surface area contributed by atoms with Crippen LogP contribution in [0.3, 0.4) is 0 Å². The van der Waals surface area contributed by atoms with E-state index in [1.165, 1.54) is 13.2 Å². The third kappa shape index (κ3) is 3.06. The van der Waals surface area contributed by atoms with Crippen molar-refractivity contribution in [2.24, 2.45) is 0 Å². The Hall–Kier alpha value is -1.89. The molecule has 7 nitrogen and oxygen atoms in total. The largest absolute Gasteiger partial charge is 0.476 e. The standard InChI is InChI=1S/C9H12N2O5/c1-5(9(14)15-2)10-4-6-3-7(8(12)13)11-16-6/h3,5,10H,4H2,1-2H3,(H,12,13). The van der Waals surface area contributed by atoms with Crippen molar-refractivity contribution >= 4 is 11.9 Å². The van der Waals surface area contributed by atoms with E-state index in [1.54, 1.807) is 6.92 Å². The Labute approximate surface area is 91.4 Å². The van der Waals surface area contributed by atoms with Crippen molar-refractivity contribution in [1.29, 1.82) is 0 Å². The quantitative estimate of drug-likeness (QED) is 0.685. The molecule has 1 aromatic rings. The minimum atomic E-state index is -1.16. The van der Waals surface area contributed by atoms with Crippen LogP contribution in [0.4, 0.5) is 0 Å². The minimum absolute atomic E-state index is 0.164. The van der Waals surface area contributed by atoms with Crippen LogP contribution in [0.2, 0.25) is 0 Å². The van der Waals surface area contributed by atoms with E-state index < -0.39 is 18.0 Å². The smallest absolute Gasteiger partial charge is 0.358 e. The molecule has 0 aliphatic carbocycles. The van der Waals surface area contributed by atoms with E-state index in [0.29, 0.717) is 5.76 Å². The summed E-state index contributed by atoms with van der Waals surface area (Å²) in [5.41, 5.74) is -0.164. The van der Waals surface area contributed by atoms with Gasteiger partial charge in [-0.25, -0.2) is 4.79 Å². The highest BCUT2D eigenvalue weighted by Gasteiger charge is 2.14. The summed E-state index contributed by atoms with van der Waals surface area (Å²) in [6, 6.07) is 0.794. The van der Waals surface area contributed by atoms with Gasteiger partial charge in [0.2, 0.25) is 0 Å². The summed E-state index contributed by atoms with van der Waals surface area (Å²) < 4.78 is 9.25. The van der Waals surface area contributed by atoms with Crippen LogP contribution in [0, 0.1) is 0 Å². The van der Waals surface area contributed by atoms with E-state index in [4.69, 9.17) is 9.63 Å². The third-order valence-electron chi connectivity index (χ3n) is 1.92. The highest BCUT2D eigenvalue weighted by atomic mass is 16.5. The Morgan fingerprint density at radius 2 is 2.38 bits per heavy atom. The summed E-state index contributed by atoms with van der Waals surface area (Å²) in [5, 5.41) is 14.7. The number of ether oxygens (including phenoxy) is 1. The molecule has 0 saturated heterocycles. The van der Waals surface area contributed by atoms with Crippen LogP contribution in [0.1, 0.15) is 23.2 Å². The van der Waals surface area contributed by atoms with Crippen LogP contribution in [0.15, 0.2) is 10.6 Å². The molecule has 0 aromatic carbocycles. The van der Waals surface area contributed by atoms with Gasteiger partial charge in [0, 0.05) is 6.07 Å². The van der Waals surface area contributed by atoms with E-state index in [2.05, 4.69) is 15.2 Å². The van der Waals surface area contributed by atoms with Crippen LogP contribution >= 0.6 is 0 Å². The topological polar surface area (TPSA) is 102 Å². The predicted molar refractivity (Wildman–Crippen MR) is 51.8 cm³/mol. The van der Waals surface area contributed by atoms with Crippen LogP contribution < -0.4 is 5.32 Å². The van der Waals surface area contributed by atoms with E-state index in [9.17, 15) is 9.59 Å². The van der Waals surface area contributed by atoms with Crippen LogP contribution in [-0.4, -0.2) is 35.4 Å². The normalized spacial score (nSPS) is 12.1. The fourth-order valence-electron chi connectivity index (χ4n) is 1.01. The number of aromatic carboxylic acids is 1. The molecular formula is C9H12N2O5. The van der Waals surface area contributed by atoms with Crippen molar-refractivity contribution in [3.63, 3.8) is 0 Å². The number of carboxylic acid groups (broad SMARTS) is 1. The molecule has 88 valence electrons. The summed E-state index contributed by atoms with van der Waals surface area (Å²) in [4.78, 5) is 21.5. The SMILES string of the molecule is COC(=O)C(C)NCc1cc(C(=O)O)no1. The average Bonchev–Trinajstić information content (AvgIpc) is 2.73. The van der Waals surface area contributed by atoms with Crippen molar-refractivity contribution in [2.75, 3.05) is 7.11 Å². The summed E-state index contributed by atoms with van der Waals surface area (Å²) in [6.07, 6.45) is 0. The molecule has 0 aliphatic rings.